The summed E-state index contributed by atoms with van der Waals surface area (Å²) in [5.74, 6) is 0.821. The van der Waals surface area contributed by atoms with E-state index < -0.39 is 0 Å². The van der Waals surface area contributed by atoms with E-state index in [-0.39, 0.29) is 24.0 Å². The van der Waals surface area contributed by atoms with Gasteiger partial charge in [0.25, 0.3) is 0 Å². The van der Waals surface area contributed by atoms with Gasteiger partial charge < -0.3 is 15.5 Å². The van der Waals surface area contributed by atoms with Crippen molar-refractivity contribution in [1.29, 1.82) is 0 Å². The number of rotatable bonds is 4. The second kappa shape index (κ2) is 10.5. The molecule has 0 radical (unpaired) electrons. The monoisotopic (exact) mass is 519 g/mol. The highest BCUT2D eigenvalue weighted by Gasteiger charge is 2.22. The third-order valence-electron chi connectivity index (χ3n) is 4.66. The maximum Gasteiger partial charge on any atom is 0.191 e. The second-order valence-corrected chi connectivity index (χ2v) is 8.25. The molecule has 0 spiro atoms. The van der Waals surface area contributed by atoms with Gasteiger partial charge in [-0.05, 0) is 38.8 Å². The summed E-state index contributed by atoms with van der Waals surface area (Å²) in [7, 11) is 1.81. The predicted molar refractivity (Wildman–Crippen MR) is 127 cm³/mol. The zero-order chi connectivity index (χ0) is 18.5. The van der Waals surface area contributed by atoms with Crippen molar-refractivity contribution in [1.82, 2.24) is 15.6 Å². The van der Waals surface area contributed by atoms with Crippen molar-refractivity contribution in [3.63, 3.8) is 0 Å². The number of thiazole rings is 1. The fourth-order valence-electron chi connectivity index (χ4n) is 3.18. The van der Waals surface area contributed by atoms with Crippen molar-refractivity contribution >= 4 is 58.6 Å². The lowest BCUT2D eigenvalue weighted by Gasteiger charge is -2.35. The first kappa shape index (κ1) is 22.2. The first-order valence-corrected chi connectivity index (χ1v) is 10.2. The van der Waals surface area contributed by atoms with E-state index in [0.29, 0.717) is 12.6 Å². The number of anilines is 1. The Kier molecular flexibility index (Phi) is 8.62. The molecule has 1 aromatic heterocycles. The van der Waals surface area contributed by atoms with E-state index in [2.05, 4.69) is 38.5 Å². The lowest BCUT2D eigenvalue weighted by molar-refractivity contribution is 0.468. The molecule has 3 rings (SSSR count). The third kappa shape index (κ3) is 5.96. The van der Waals surface area contributed by atoms with E-state index in [1.54, 1.807) is 11.3 Å². The van der Waals surface area contributed by atoms with Gasteiger partial charge in [-0.15, -0.1) is 35.3 Å². The number of hydrogen-bond acceptors (Lipinski definition) is 4. The predicted octanol–water partition coefficient (Wildman–Crippen LogP) is 4.37. The summed E-state index contributed by atoms with van der Waals surface area (Å²) in [5, 5.41) is 8.83. The number of nitrogens with one attached hydrogen (secondary N) is 2. The minimum atomic E-state index is 0. The zero-order valence-electron chi connectivity index (χ0n) is 16.0. The topological polar surface area (TPSA) is 52.6 Å². The van der Waals surface area contributed by atoms with Crippen LogP contribution in [0.4, 0.5) is 5.69 Å². The van der Waals surface area contributed by atoms with E-state index >= 15 is 0 Å². The van der Waals surface area contributed by atoms with Gasteiger partial charge in [0.05, 0.1) is 22.9 Å². The van der Waals surface area contributed by atoms with Gasteiger partial charge in [-0.2, -0.15) is 0 Å². The van der Waals surface area contributed by atoms with Crippen LogP contribution in [0.3, 0.4) is 0 Å². The number of guanidine groups is 1. The minimum Gasteiger partial charge on any atom is -0.368 e. The van der Waals surface area contributed by atoms with Crippen molar-refractivity contribution in [2.75, 3.05) is 25.0 Å². The molecule has 27 heavy (non-hydrogen) atoms. The van der Waals surface area contributed by atoms with E-state index in [4.69, 9.17) is 11.6 Å². The molecule has 2 aromatic rings. The van der Waals surface area contributed by atoms with Crippen LogP contribution in [-0.2, 0) is 6.54 Å². The molecule has 1 atom stereocenters. The Bertz CT molecular complexity index is 760. The van der Waals surface area contributed by atoms with Gasteiger partial charge in [0.1, 0.15) is 5.01 Å². The maximum absolute atomic E-state index is 6.37. The van der Waals surface area contributed by atoms with Crippen LogP contribution < -0.4 is 15.5 Å². The number of piperidine rings is 1. The van der Waals surface area contributed by atoms with Crippen LogP contribution in [-0.4, -0.2) is 37.1 Å². The van der Waals surface area contributed by atoms with Crippen LogP contribution in [0.5, 0.6) is 0 Å². The Morgan fingerprint density at radius 3 is 2.81 bits per heavy atom. The number of nitrogens with zero attached hydrogens (tertiary/aromatic N) is 3. The normalized spacial score (nSPS) is 17.4. The fraction of sp³-hybridized carbons (Fsp3) is 0.474. The second-order valence-electron chi connectivity index (χ2n) is 6.56. The molecule has 1 saturated heterocycles. The fourth-order valence-corrected chi connectivity index (χ4v) is 4.31. The SMILES string of the molecule is CN=C(NCc1nc(C)c(C)s1)NC1CCCN(c2ccccc2Cl)C1.I. The summed E-state index contributed by atoms with van der Waals surface area (Å²) in [5.41, 5.74) is 2.22. The van der Waals surface area contributed by atoms with E-state index in [1.807, 2.05) is 32.2 Å². The smallest absolute Gasteiger partial charge is 0.191 e. The molecule has 5 nitrogen and oxygen atoms in total. The molecule has 1 fully saturated rings. The molecule has 2 heterocycles. The number of hydrogen-bond donors (Lipinski definition) is 2. The van der Waals surface area contributed by atoms with Crippen LogP contribution in [0.2, 0.25) is 5.02 Å². The number of aromatic nitrogens is 1. The van der Waals surface area contributed by atoms with Gasteiger partial charge >= 0.3 is 0 Å². The molecule has 0 aliphatic carbocycles. The Labute approximate surface area is 187 Å². The summed E-state index contributed by atoms with van der Waals surface area (Å²) in [4.78, 5) is 12.6. The van der Waals surface area contributed by atoms with E-state index in [9.17, 15) is 0 Å². The quantitative estimate of drug-likeness (QED) is 0.358. The average molecular weight is 520 g/mol. The highest BCUT2D eigenvalue weighted by molar-refractivity contribution is 14.0. The first-order valence-electron chi connectivity index (χ1n) is 8.96. The summed E-state index contributed by atoms with van der Waals surface area (Å²) in [6.07, 6.45) is 2.25. The molecule has 1 unspecified atom stereocenters. The molecule has 0 amide bonds. The van der Waals surface area contributed by atoms with Crippen molar-refractivity contribution in [2.24, 2.45) is 4.99 Å². The first-order chi connectivity index (χ1) is 12.6. The molecule has 0 saturated carbocycles. The van der Waals surface area contributed by atoms with Crippen molar-refractivity contribution in [3.8, 4) is 0 Å². The molecule has 2 N–H and O–H groups in total. The Morgan fingerprint density at radius 2 is 2.15 bits per heavy atom. The summed E-state index contributed by atoms with van der Waals surface area (Å²) in [6.45, 7) is 6.80. The number of para-hydroxylation sites is 1. The zero-order valence-corrected chi connectivity index (χ0v) is 19.9. The largest absolute Gasteiger partial charge is 0.368 e. The van der Waals surface area contributed by atoms with Crippen LogP contribution >= 0.6 is 46.9 Å². The van der Waals surface area contributed by atoms with Gasteiger partial charge in [-0.1, -0.05) is 23.7 Å². The van der Waals surface area contributed by atoms with E-state index in [1.165, 1.54) is 4.88 Å². The van der Waals surface area contributed by atoms with Crippen LogP contribution in [0.1, 0.15) is 28.4 Å². The molecular formula is C19H27ClIN5S. The summed E-state index contributed by atoms with van der Waals surface area (Å²) < 4.78 is 0. The molecule has 0 bridgehead atoms. The van der Waals surface area contributed by atoms with Gasteiger partial charge in [0.15, 0.2) is 5.96 Å². The molecule has 148 valence electrons. The van der Waals surface area contributed by atoms with Gasteiger partial charge in [0.2, 0.25) is 0 Å². The molecule has 8 heteroatoms. The molecule has 1 aromatic carbocycles. The Hall–Kier alpha value is -1.06. The summed E-state index contributed by atoms with van der Waals surface area (Å²) in [6, 6.07) is 8.39. The third-order valence-corrected chi connectivity index (χ3v) is 6.05. The molecular weight excluding hydrogens is 493 g/mol. The van der Waals surface area contributed by atoms with Crippen LogP contribution in [0, 0.1) is 13.8 Å². The number of halogens is 2. The summed E-state index contributed by atoms with van der Waals surface area (Å²) >= 11 is 8.10. The minimum absolute atomic E-state index is 0. The highest BCUT2D eigenvalue weighted by Crippen LogP contribution is 2.27. The average Bonchev–Trinajstić information content (AvgIpc) is 2.97. The lowest BCUT2D eigenvalue weighted by Crippen LogP contribution is -2.51. The lowest BCUT2D eigenvalue weighted by atomic mass is 10.0. The highest BCUT2D eigenvalue weighted by atomic mass is 127. The number of benzene rings is 1. The number of aryl methyl sites for hydroxylation is 2. The molecule has 1 aliphatic heterocycles. The van der Waals surface area contributed by atoms with Gasteiger partial charge in [-0.3, -0.25) is 4.99 Å². The molecule has 1 aliphatic rings. The van der Waals surface area contributed by atoms with Crippen molar-refractivity contribution < 1.29 is 0 Å². The van der Waals surface area contributed by atoms with Crippen molar-refractivity contribution in [2.45, 2.75) is 39.3 Å². The standard InChI is InChI=1S/C19H26ClN5S.HI/c1-13-14(2)26-18(23-13)11-22-19(21-3)24-15-7-6-10-25(12-15)17-9-5-4-8-16(17)20;/h4-5,8-9,15H,6-7,10-12H2,1-3H3,(H2,21,22,24);1H. The van der Waals surface area contributed by atoms with Crippen LogP contribution in [0.15, 0.2) is 29.3 Å². The van der Waals surface area contributed by atoms with Crippen LogP contribution in [0.25, 0.3) is 0 Å². The maximum atomic E-state index is 6.37. The van der Waals surface area contributed by atoms with Gasteiger partial charge in [-0.25, -0.2) is 4.98 Å². The van der Waals surface area contributed by atoms with Crippen molar-refractivity contribution in [3.05, 3.63) is 44.9 Å². The van der Waals surface area contributed by atoms with Gasteiger partial charge in [0, 0.05) is 31.1 Å². The van der Waals surface area contributed by atoms with E-state index in [0.717, 1.165) is 53.3 Å². The Balaban J connectivity index is 0.00000261. The number of aliphatic imine (C=N–C) groups is 1. The Morgan fingerprint density at radius 1 is 1.37 bits per heavy atom.